The van der Waals surface area contributed by atoms with E-state index >= 15 is 4.39 Å². The highest BCUT2D eigenvalue weighted by atomic mass is 19.1. The molecule has 3 atom stereocenters. The van der Waals surface area contributed by atoms with Gasteiger partial charge in [0.1, 0.15) is 11.9 Å². The van der Waals surface area contributed by atoms with Crippen molar-refractivity contribution in [1.29, 1.82) is 5.26 Å². The third-order valence-electron chi connectivity index (χ3n) is 5.99. The number of rotatable bonds is 11. The van der Waals surface area contributed by atoms with Gasteiger partial charge in [-0.15, -0.1) is 0 Å². The Hall–Kier alpha value is -3.31. The Morgan fingerprint density at radius 2 is 1.97 bits per heavy atom. The monoisotopic (exact) mass is 483 g/mol. The zero-order valence-electron chi connectivity index (χ0n) is 20.6. The molecule has 2 N–H and O–H groups in total. The van der Waals surface area contributed by atoms with Gasteiger partial charge in [-0.05, 0) is 70.0 Å². The number of carbonyl (C=O) groups is 1. The Labute approximate surface area is 206 Å². The number of hydrogen-bond acceptors (Lipinski definition) is 7. The Kier molecular flexibility index (Phi) is 9.74. The molecule has 0 aliphatic carbocycles. The van der Waals surface area contributed by atoms with Crippen molar-refractivity contribution >= 4 is 11.7 Å². The van der Waals surface area contributed by atoms with Crippen LogP contribution in [-0.2, 0) is 9.53 Å². The number of nitriles is 1. The van der Waals surface area contributed by atoms with E-state index in [1.54, 1.807) is 31.2 Å². The Bertz CT molecular complexity index is 1020. The zero-order chi connectivity index (χ0) is 25.2. The molecule has 1 aliphatic rings. The molecule has 0 spiro atoms. The highest BCUT2D eigenvalue weighted by molar-refractivity contribution is 5.81. The molecule has 1 heterocycles. The fraction of sp³-hybridized carbons (Fsp3) is 0.481. The van der Waals surface area contributed by atoms with Crippen LogP contribution in [0.15, 0.2) is 36.4 Å². The van der Waals surface area contributed by atoms with E-state index in [9.17, 15) is 4.79 Å². The average Bonchev–Trinajstić information content (AvgIpc) is 2.88. The third kappa shape index (κ3) is 6.86. The van der Waals surface area contributed by atoms with Crippen LogP contribution in [0.1, 0.15) is 63.6 Å². The van der Waals surface area contributed by atoms with Crippen molar-refractivity contribution in [2.75, 3.05) is 25.1 Å². The van der Waals surface area contributed by atoms with Gasteiger partial charge < -0.3 is 24.8 Å². The molecule has 1 fully saturated rings. The van der Waals surface area contributed by atoms with Gasteiger partial charge in [-0.25, -0.2) is 9.18 Å². The molecule has 3 rings (SSSR count). The standard InChI is InChI=1S/C27H34FN3O4/c1-4-23(22-9-7-8-14-30-22)35-24-16-20(33-5-2)15-21(25(24)28)26(27(32)34-6-3)31-19-12-10-18(17-29)11-13-19/h10-13,15-16,22-23,26,30-31H,4-9,14H2,1-3H3. The highest BCUT2D eigenvalue weighted by Gasteiger charge is 2.30. The summed E-state index contributed by atoms with van der Waals surface area (Å²) >= 11 is 0. The normalized spacial score (nSPS) is 17.1. The number of benzene rings is 2. The van der Waals surface area contributed by atoms with Crippen LogP contribution in [-0.4, -0.2) is 37.9 Å². The second kappa shape index (κ2) is 13.0. The molecule has 1 saturated heterocycles. The lowest BCUT2D eigenvalue weighted by Crippen LogP contribution is -2.45. The molecule has 0 radical (unpaired) electrons. The number of ether oxygens (including phenoxy) is 3. The first-order chi connectivity index (χ1) is 17.0. The molecule has 0 saturated carbocycles. The van der Waals surface area contributed by atoms with E-state index in [2.05, 4.69) is 16.7 Å². The Morgan fingerprint density at radius 3 is 2.57 bits per heavy atom. The number of esters is 1. The van der Waals surface area contributed by atoms with E-state index in [1.165, 1.54) is 12.1 Å². The number of nitrogens with zero attached hydrogens (tertiary/aromatic N) is 1. The summed E-state index contributed by atoms with van der Waals surface area (Å²) in [4.78, 5) is 12.9. The number of carbonyl (C=O) groups excluding carboxylic acids is 1. The van der Waals surface area contributed by atoms with E-state index in [4.69, 9.17) is 19.5 Å². The first-order valence-corrected chi connectivity index (χ1v) is 12.3. The lowest BCUT2D eigenvalue weighted by molar-refractivity contribution is -0.144. The summed E-state index contributed by atoms with van der Waals surface area (Å²) in [5.74, 6) is -0.819. The van der Waals surface area contributed by atoms with Crippen molar-refractivity contribution in [1.82, 2.24) is 5.32 Å². The smallest absolute Gasteiger partial charge is 0.333 e. The molecular weight excluding hydrogens is 449 g/mol. The fourth-order valence-corrected chi connectivity index (χ4v) is 4.24. The van der Waals surface area contributed by atoms with Gasteiger partial charge in [0, 0.05) is 23.4 Å². The molecule has 35 heavy (non-hydrogen) atoms. The van der Waals surface area contributed by atoms with Crippen LogP contribution >= 0.6 is 0 Å². The maximum absolute atomic E-state index is 15.9. The second-order valence-corrected chi connectivity index (χ2v) is 8.40. The Balaban J connectivity index is 1.99. The van der Waals surface area contributed by atoms with E-state index in [-0.39, 0.29) is 30.1 Å². The van der Waals surface area contributed by atoms with E-state index in [0.29, 0.717) is 30.0 Å². The Morgan fingerprint density at radius 1 is 1.20 bits per heavy atom. The molecule has 8 heteroatoms. The molecule has 188 valence electrons. The summed E-state index contributed by atoms with van der Waals surface area (Å²) in [5.41, 5.74) is 1.09. The maximum Gasteiger partial charge on any atom is 0.333 e. The van der Waals surface area contributed by atoms with Crippen LogP contribution < -0.4 is 20.1 Å². The second-order valence-electron chi connectivity index (χ2n) is 8.40. The largest absolute Gasteiger partial charge is 0.494 e. The minimum atomic E-state index is -1.14. The lowest BCUT2D eigenvalue weighted by atomic mass is 9.98. The minimum Gasteiger partial charge on any atom is -0.494 e. The number of anilines is 1. The molecule has 1 aliphatic heterocycles. The SMILES string of the molecule is CCOC(=O)C(Nc1ccc(C#N)cc1)c1cc(OCC)cc(OC(CC)C2CCCCN2)c1F. The predicted molar refractivity (Wildman–Crippen MR) is 132 cm³/mol. The van der Waals surface area contributed by atoms with Gasteiger partial charge in [-0.2, -0.15) is 5.26 Å². The number of halogens is 1. The first kappa shape index (κ1) is 26.3. The summed E-state index contributed by atoms with van der Waals surface area (Å²) in [5, 5.41) is 15.6. The van der Waals surface area contributed by atoms with Crippen molar-refractivity contribution in [2.24, 2.45) is 0 Å². The summed E-state index contributed by atoms with van der Waals surface area (Å²) in [6.45, 7) is 6.98. The number of hydrogen-bond donors (Lipinski definition) is 2. The first-order valence-electron chi connectivity index (χ1n) is 12.3. The quantitative estimate of drug-likeness (QED) is 0.429. The molecule has 0 aromatic heterocycles. The summed E-state index contributed by atoms with van der Waals surface area (Å²) in [6.07, 6.45) is 3.67. The molecular formula is C27H34FN3O4. The average molecular weight is 484 g/mol. The summed E-state index contributed by atoms with van der Waals surface area (Å²) in [7, 11) is 0. The van der Waals surface area contributed by atoms with Crippen LogP contribution in [0.3, 0.4) is 0 Å². The van der Waals surface area contributed by atoms with Crippen molar-refractivity contribution in [3.63, 3.8) is 0 Å². The highest BCUT2D eigenvalue weighted by Crippen LogP contribution is 2.35. The van der Waals surface area contributed by atoms with E-state index in [1.807, 2.05) is 13.8 Å². The van der Waals surface area contributed by atoms with E-state index < -0.39 is 17.8 Å². The van der Waals surface area contributed by atoms with Gasteiger partial charge in [0.05, 0.1) is 24.8 Å². The van der Waals surface area contributed by atoms with Crippen molar-refractivity contribution < 1.29 is 23.4 Å². The maximum atomic E-state index is 15.9. The van der Waals surface area contributed by atoms with Crippen molar-refractivity contribution in [2.45, 2.75) is 64.6 Å². The number of nitrogens with one attached hydrogen (secondary N) is 2. The number of piperidine rings is 1. The predicted octanol–water partition coefficient (Wildman–Crippen LogP) is 5.11. The topological polar surface area (TPSA) is 92.6 Å². The summed E-state index contributed by atoms with van der Waals surface area (Å²) in [6, 6.07) is 10.6. The van der Waals surface area contributed by atoms with Crippen molar-refractivity contribution in [3.05, 3.63) is 53.3 Å². The van der Waals surface area contributed by atoms with Crippen LogP contribution in [0.5, 0.6) is 11.5 Å². The van der Waals surface area contributed by atoms with Gasteiger partial charge in [0.15, 0.2) is 17.6 Å². The minimum absolute atomic E-state index is 0.0427. The van der Waals surface area contributed by atoms with Gasteiger partial charge >= 0.3 is 5.97 Å². The van der Waals surface area contributed by atoms with Gasteiger partial charge in [-0.1, -0.05) is 13.3 Å². The molecule has 7 nitrogen and oxygen atoms in total. The van der Waals surface area contributed by atoms with Gasteiger partial charge in [0.2, 0.25) is 0 Å². The summed E-state index contributed by atoms with van der Waals surface area (Å²) < 4.78 is 33.1. The molecule has 0 amide bonds. The van der Waals surface area contributed by atoms with Crippen molar-refractivity contribution in [3.8, 4) is 17.6 Å². The third-order valence-corrected chi connectivity index (χ3v) is 5.99. The molecule has 3 unspecified atom stereocenters. The molecule has 2 aromatic carbocycles. The van der Waals surface area contributed by atoms with Crippen LogP contribution in [0, 0.1) is 17.1 Å². The van der Waals surface area contributed by atoms with Gasteiger partial charge in [-0.3, -0.25) is 0 Å². The van der Waals surface area contributed by atoms with Crippen LogP contribution in [0.2, 0.25) is 0 Å². The molecule has 0 bridgehead atoms. The van der Waals surface area contributed by atoms with Crippen LogP contribution in [0.25, 0.3) is 0 Å². The van der Waals surface area contributed by atoms with Crippen LogP contribution in [0.4, 0.5) is 10.1 Å². The molecule has 2 aromatic rings. The lowest BCUT2D eigenvalue weighted by Gasteiger charge is -2.31. The van der Waals surface area contributed by atoms with Gasteiger partial charge in [0.25, 0.3) is 0 Å². The zero-order valence-corrected chi connectivity index (χ0v) is 20.6. The fourth-order valence-electron chi connectivity index (χ4n) is 4.24. The van der Waals surface area contributed by atoms with E-state index in [0.717, 1.165) is 25.8 Å².